The highest BCUT2D eigenvalue weighted by Crippen LogP contribution is 2.27. The zero-order valence-corrected chi connectivity index (χ0v) is 17.3. The Morgan fingerprint density at radius 2 is 1.36 bits per heavy atom. The number of carboxylic acid groups (broad SMARTS) is 1. The fourth-order valence-corrected chi connectivity index (χ4v) is 3.05. The zero-order valence-electron chi connectivity index (χ0n) is 16.5. The number of aliphatic hydroxyl groups excluding tert-OH is 1. The van der Waals surface area contributed by atoms with E-state index in [2.05, 4.69) is 24.5 Å². The van der Waals surface area contributed by atoms with Crippen molar-refractivity contribution in [2.24, 2.45) is 10.8 Å². The molecule has 148 valence electrons. The third kappa shape index (κ3) is 15.1. The van der Waals surface area contributed by atoms with Gasteiger partial charge in [0.1, 0.15) is 0 Å². The van der Waals surface area contributed by atoms with E-state index in [0.29, 0.717) is 5.11 Å². The van der Waals surface area contributed by atoms with Crippen molar-refractivity contribution < 1.29 is 15.0 Å². The SMILES string of the molecule is CC(C)(CCO)CCCCNC(=S)NCCCCC(C)(C)CC(=O)O. The van der Waals surface area contributed by atoms with Gasteiger partial charge in [0, 0.05) is 19.7 Å². The van der Waals surface area contributed by atoms with E-state index in [1.54, 1.807) is 0 Å². The van der Waals surface area contributed by atoms with E-state index < -0.39 is 5.97 Å². The third-order valence-corrected chi connectivity index (χ3v) is 4.84. The second kappa shape index (κ2) is 12.5. The maximum absolute atomic E-state index is 10.8. The van der Waals surface area contributed by atoms with Crippen molar-refractivity contribution in [2.45, 2.75) is 79.1 Å². The van der Waals surface area contributed by atoms with Crippen molar-refractivity contribution in [3.63, 3.8) is 0 Å². The van der Waals surface area contributed by atoms with Crippen molar-refractivity contribution in [2.75, 3.05) is 19.7 Å². The molecule has 0 aromatic carbocycles. The number of rotatable bonds is 14. The summed E-state index contributed by atoms with van der Waals surface area (Å²) in [5.41, 5.74) is 0.0658. The molecule has 0 bridgehead atoms. The first-order valence-corrected chi connectivity index (χ1v) is 9.83. The van der Waals surface area contributed by atoms with Gasteiger partial charge in [0.2, 0.25) is 0 Å². The summed E-state index contributed by atoms with van der Waals surface area (Å²) in [6.45, 7) is 10.3. The molecule has 0 atom stereocenters. The van der Waals surface area contributed by atoms with Gasteiger partial charge in [0.25, 0.3) is 0 Å². The maximum atomic E-state index is 10.8. The Balaban J connectivity index is 3.61. The Kier molecular flexibility index (Phi) is 12.0. The monoisotopic (exact) mass is 374 g/mol. The van der Waals surface area contributed by atoms with Crippen LogP contribution < -0.4 is 10.6 Å². The number of nitrogens with one attached hydrogen (secondary N) is 2. The van der Waals surface area contributed by atoms with Crippen LogP contribution in [-0.4, -0.2) is 41.0 Å². The molecule has 25 heavy (non-hydrogen) atoms. The number of aliphatic carboxylic acids is 1. The molecule has 0 rings (SSSR count). The van der Waals surface area contributed by atoms with E-state index in [4.69, 9.17) is 22.4 Å². The van der Waals surface area contributed by atoms with E-state index >= 15 is 0 Å². The standard InChI is InChI=1S/C19H38N2O3S/c1-18(2,11-14-22)9-5-7-12-20-17(25)21-13-8-6-10-19(3,4)15-16(23)24/h22H,5-15H2,1-4H3,(H,23,24)(H2,20,21,25). The van der Waals surface area contributed by atoms with E-state index in [9.17, 15) is 4.79 Å². The second-order valence-corrected chi connectivity index (χ2v) is 8.88. The van der Waals surface area contributed by atoms with Crippen molar-refractivity contribution >= 4 is 23.3 Å². The fourth-order valence-electron chi connectivity index (χ4n) is 2.85. The minimum Gasteiger partial charge on any atom is -0.481 e. The van der Waals surface area contributed by atoms with Gasteiger partial charge < -0.3 is 20.8 Å². The largest absolute Gasteiger partial charge is 0.481 e. The minimum absolute atomic E-state index is 0.144. The number of carboxylic acids is 1. The maximum Gasteiger partial charge on any atom is 0.303 e. The molecule has 0 saturated heterocycles. The lowest BCUT2D eigenvalue weighted by molar-refractivity contribution is -0.139. The lowest BCUT2D eigenvalue weighted by Gasteiger charge is -2.23. The molecule has 0 fully saturated rings. The summed E-state index contributed by atoms with van der Waals surface area (Å²) in [7, 11) is 0. The van der Waals surface area contributed by atoms with Crippen LogP contribution in [0.3, 0.4) is 0 Å². The molecular formula is C19H38N2O3S. The molecule has 0 saturated carbocycles. The van der Waals surface area contributed by atoms with E-state index in [0.717, 1.165) is 58.0 Å². The van der Waals surface area contributed by atoms with Crippen LogP contribution in [0.4, 0.5) is 0 Å². The number of hydrogen-bond acceptors (Lipinski definition) is 3. The first-order chi connectivity index (χ1) is 11.6. The first-order valence-electron chi connectivity index (χ1n) is 9.42. The van der Waals surface area contributed by atoms with Gasteiger partial charge in [-0.1, -0.05) is 40.5 Å². The van der Waals surface area contributed by atoms with Crippen LogP contribution in [0.5, 0.6) is 0 Å². The highest BCUT2D eigenvalue weighted by Gasteiger charge is 2.20. The number of aliphatic hydroxyl groups is 1. The third-order valence-electron chi connectivity index (χ3n) is 4.55. The molecule has 0 aliphatic carbocycles. The molecule has 0 aliphatic rings. The fraction of sp³-hybridized carbons (Fsp3) is 0.895. The highest BCUT2D eigenvalue weighted by molar-refractivity contribution is 7.80. The predicted octanol–water partition coefficient (Wildman–Crippen LogP) is 3.70. The Hall–Kier alpha value is -0.880. The van der Waals surface area contributed by atoms with Crippen LogP contribution in [0, 0.1) is 10.8 Å². The number of unbranched alkanes of at least 4 members (excludes halogenated alkanes) is 2. The molecular weight excluding hydrogens is 336 g/mol. The highest BCUT2D eigenvalue weighted by atomic mass is 32.1. The van der Waals surface area contributed by atoms with Crippen LogP contribution >= 0.6 is 12.2 Å². The lowest BCUT2D eigenvalue weighted by Crippen LogP contribution is -2.36. The van der Waals surface area contributed by atoms with E-state index in [1.165, 1.54) is 0 Å². The summed E-state index contributed by atoms with van der Waals surface area (Å²) >= 11 is 5.27. The lowest BCUT2D eigenvalue weighted by atomic mass is 9.84. The number of hydrogen-bond donors (Lipinski definition) is 4. The van der Waals surface area contributed by atoms with Gasteiger partial charge in [0.15, 0.2) is 5.11 Å². The summed E-state index contributed by atoms with van der Waals surface area (Å²) in [5, 5.41) is 25.0. The second-order valence-electron chi connectivity index (χ2n) is 8.47. The molecule has 4 N–H and O–H groups in total. The summed E-state index contributed by atoms with van der Waals surface area (Å²) in [5.74, 6) is -0.728. The van der Waals surface area contributed by atoms with Crippen molar-refractivity contribution in [1.82, 2.24) is 10.6 Å². The van der Waals surface area contributed by atoms with Crippen LogP contribution in [0.2, 0.25) is 0 Å². The van der Waals surface area contributed by atoms with Gasteiger partial charge in [-0.25, -0.2) is 0 Å². The molecule has 6 heteroatoms. The molecule has 0 aliphatic heterocycles. The number of carbonyl (C=O) groups is 1. The molecule has 0 heterocycles. The number of thiocarbonyl (C=S) groups is 1. The Morgan fingerprint density at radius 1 is 0.880 bits per heavy atom. The smallest absolute Gasteiger partial charge is 0.303 e. The van der Waals surface area contributed by atoms with Crippen LogP contribution in [0.1, 0.15) is 79.1 Å². The molecule has 5 nitrogen and oxygen atoms in total. The van der Waals surface area contributed by atoms with E-state index in [1.807, 2.05) is 13.8 Å². The first kappa shape index (κ1) is 24.1. The zero-order chi connectivity index (χ0) is 19.3. The predicted molar refractivity (Wildman–Crippen MR) is 108 cm³/mol. The average molecular weight is 375 g/mol. The molecule has 0 amide bonds. The molecule has 0 aromatic heterocycles. The van der Waals surface area contributed by atoms with E-state index in [-0.39, 0.29) is 23.9 Å². The van der Waals surface area contributed by atoms with Crippen molar-refractivity contribution in [3.05, 3.63) is 0 Å². The van der Waals surface area contributed by atoms with Crippen LogP contribution in [-0.2, 0) is 4.79 Å². The Bertz CT molecular complexity index is 398. The summed E-state index contributed by atoms with van der Waals surface area (Å²) in [6.07, 6.45) is 7.27. The summed E-state index contributed by atoms with van der Waals surface area (Å²) in [6, 6.07) is 0. The molecule has 0 aromatic rings. The molecule has 0 radical (unpaired) electrons. The Morgan fingerprint density at radius 3 is 1.80 bits per heavy atom. The van der Waals surface area contributed by atoms with Crippen LogP contribution in [0.15, 0.2) is 0 Å². The summed E-state index contributed by atoms with van der Waals surface area (Å²) < 4.78 is 0. The molecule has 0 unspecified atom stereocenters. The average Bonchev–Trinajstić information content (AvgIpc) is 2.44. The van der Waals surface area contributed by atoms with Gasteiger partial charge in [-0.3, -0.25) is 4.79 Å². The Labute approximate surface area is 159 Å². The van der Waals surface area contributed by atoms with Gasteiger partial charge in [0.05, 0.1) is 6.42 Å². The van der Waals surface area contributed by atoms with Gasteiger partial charge in [-0.15, -0.1) is 0 Å². The van der Waals surface area contributed by atoms with Crippen LogP contribution in [0.25, 0.3) is 0 Å². The van der Waals surface area contributed by atoms with Gasteiger partial charge in [-0.2, -0.15) is 0 Å². The summed E-state index contributed by atoms with van der Waals surface area (Å²) in [4.78, 5) is 10.8. The normalized spacial score (nSPS) is 12.0. The van der Waals surface area contributed by atoms with Gasteiger partial charge in [-0.05, 0) is 55.2 Å². The van der Waals surface area contributed by atoms with Gasteiger partial charge >= 0.3 is 5.97 Å². The van der Waals surface area contributed by atoms with Crippen molar-refractivity contribution in [1.29, 1.82) is 0 Å². The topological polar surface area (TPSA) is 81.6 Å². The minimum atomic E-state index is -0.728. The van der Waals surface area contributed by atoms with Crippen molar-refractivity contribution in [3.8, 4) is 0 Å². The molecule has 0 spiro atoms. The quantitative estimate of drug-likeness (QED) is 0.274.